The van der Waals surface area contributed by atoms with Crippen molar-refractivity contribution >= 4 is 11.7 Å². The molecule has 1 saturated heterocycles. The van der Waals surface area contributed by atoms with Crippen molar-refractivity contribution in [1.29, 1.82) is 0 Å². The van der Waals surface area contributed by atoms with Gasteiger partial charge < -0.3 is 14.7 Å². The zero-order valence-electron chi connectivity index (χ0n) is 19.1. The lowest BCUT2D eigenvalue weighted by Gasteiger charge is -2.45. The van der Waals surface area contributed by atoms with E-state index in [1.165, 1.54) is 12.3 Å². The van der Waals surface area contributed by atoms with E-state index in [-0.39, 0.29) is 11.6 Å². The summed E-state index contributed by atoms with van der Waals surface area (Å²) in [5, 5.41) is 9.61. The Bertz CT molecular complexity index is 1080. The number of nitrogens with zero attached hydrogens (tertiary/aromatic N) is 2. The number of ether oxygens (including phenoxy) is 1. The van der Waals surface area contributed by atoms with E-state index in [1.54, 1.807) is 11.8 Å². The smallest absolute Gasteiger partial charge is 0.419 e. The molecule has 2 fully saturated rings. The number of piperidine rings is 1. The molecule has 0 radical (unpaired) electrons. The molecule has 1 aromatic carbocycles. The SMILES string of the molecule is C[C@H](C(=O)O)[C@H](c1ccc2c(c1)OC1(CC2)CCN(c2ccncc2C(F)(F)F)CC1)C1CC1. The van der Waals surface area contributed by atoms with Gasteiger partial charge in [-0.2, -0.15) is 13.2 Å². The third-order valence-corrected chi connectivity index (χ3v) is 7.83. The molecule has 0 amide bonds. The van der Waals surface area contributed by atoms with Crippen molar-refractivity contribution in [1.82, 2.24) is 4.98 Å². The minimum absolute atomic E-state index is 0.0291. The summed E-state index contributed by atoms with van der Waals surface area (Å²) in [7, 11) is 0. The summed E-state index contributed by atoms with van der Waals surface area (Å²) in [5.41, 5.74) is 1.19. The van der Waals surface area contributed by atoms with E-state index in [1.807, 2.05) is 12.1 Å². The second kappa shape index (κ2) is 8.47. The lowest BCUT2D eigenvalue weighted by Crippen LogP contribution is -2.50. The van der Waals surface area contributed by atoms with Gasteiger partial charge in [0, 0.05) is 38.3 Å². The Labute approximate surface area is 196 Å². The predicted molar refractivity (Wildman–Crippen MR) is 121 cm³/mol. The predicted octanol–water partition coefficient (Wildman–Crippen LogP) is 5.68. The van der Waals surface area contributed by atoms with Gasteiger partial charge >= 0.3 is 12.1 Å². The lowest BCUT2D eigenvalue weighted by molar-refractivity contribution is -0.142. The van der Waals surface area contributed by atoms with Crippen LogP contribution < -0.4 is 9.64 Å². The van der Waals surface area contributed by atoms with Crippen LogP contribution in [0.15, 0.2) is 36.7 Å². The molecule has 2 aromatic rings. The molecule has 0 unspecified atom stereocenters. The Kier molecular flexibility index (Phi) is 5.73. The Hall–Kier alpha value is -2.77. The molecule has 1 spiro atoms. The fourth-order valence-corrected chi connectivity index (χ4v) is 5.69. The van der Waals surface area contributed by atoms with Crippen molar-refractivity contribution in [2.24, 2.45) is 11.8 Å². The number of aryl methyl sites for hydroxylation is 1. The first-order valence-electron chi connectivity index (χ1n) is 12.0. The number of carboxylic acid groups (broad SMARTS) is 1. The van der Waals surface area contributed by atoms with Crippen molar-refractivity contribution in [2.75, 3.05) is 18.0 Å². The molecule has 5 nitrogen and oxygen atoms in total. The molecule has 2 aliphatic heterocycles. The van der Waals surface area contributed by atoms with E-state index < -0.39 is 29.2 Å². The maximum Gasteiger partial charge on any atom is 0.419 e. The molecule has 34 heavy (non-hydrogen) atoms. The highest BCUT2D eigenvalue weighted by Crippen LogP contribution is 2.49. The monoisotopic (exact) mass is 474 g/mol. The first kappa shape index (κ1) is 23.0. The topological polar surface area (TPSA) is 62.7 Å². The van der Waals surface area contributed by atoms with Gasteiger partial charge in [0.15, 0.2) is 0 Å². The third-order valence-electron chi connectivity index (χ3n) is 7.83. The number of aliphatic carboxylic acids is 1. The van der Waals surface area contributed by atoms with Crippen molar-refractivity contribution in [2.45, 2.75) is 63.1 Å². The number of carboxylic acids is 1. The number of pyridine rings is 1. The molecule has 3 heterocycles. The third kappa shape index (κ3) is 4.34. The van der Waals surface area contributed by atoms with E-state index in [0.717, 1.165) is 48.8 Å². The van der Waals surface area contributed by atoms with Gasteiger partial charge in [0.1, 0.15) is 11.4 Å². The average Bonchev–Trinajstić information content (AvgIpc) is 3.64. The van der Waals surface area contributed by atoms with Crippen LogP contribution in [-0.2, 0) is 17.4 Å². The molecule has 1 saturated carbocycles. The Morgan fingerprint density at radius 1 is 1.21 bits per heavy atom. The summed E-state index contributed by atoms with van der Waals surface area (Å²) in [6.45, 7) is 2.73. The standard InChI is InChI=1S/C26H29F3N2O3/c1-16(24(32)33)23(18-3-4-18)19-5-2-17-6-8-25(34-22(17)14-19)9-12-31(13-10-25)21-7-11-30-15-20(21)26(27,28)29/h2,5,7,11,14-16,18,23H,3-4,6,8-10,12-13H2,1H3,(H,32,33)/t16-,23-/m0/s1. The van der Waals surface area contributed by atoms with Crippen LogP contribution in [0.2, 0.25) is 0 Å². The molecule has 5 rings (SSSR count). The number of fused-ring (bicyclic) bond motifs is 1. The zero-order valence-corrected chi connectivity index (χ0v) is 19.1. The number of hydrogen-bond donors (Lipinski definition) is 1. The van der Waals surface area contributed by atoms with Crippen molar-refractivity contribution in [3.63, 3.8) is 0 Å². The Balaban J connectivity index is 1.34. The maximum absolute atomic E-state index is 13.5. The number of benzene rings is 1. The minimum Gasteiger partial charge on any atom is -0.487 e. The number of alkyl halides is 3. The molecule has 2 atom stereocenters. The normalized spacial score (nSPS) is 21.5. The fraction of sp³-hybridized carbons (Fsp3) is 0.538. The first-order valence-corrected chi connectivity index (χ1v) is 12.0. The van der Waals surface area contributed by atoms with Crippen LogP contribution in [0, 0.1) is 11.8 Å². The summed E-state index contributed by atoms with van der Waals surface area (Å²) < 4.78 is 46.9. The van der Waals surface area contributed by atoms with Crippen molar-refractivity contribution in [3.8, 4) is 5.75 Å². The van der Waals surface area contributed by atoms with Crippen molar-refractivity contribution < 1.29 is 27.8 Å². The van der Waals surface area contributed by atoms with Gasteiger partial charge in [0.25, 0.3) is 0 Å². The number of rotatable bonds is 5. The summed E-state index contributed by atoms with van der Waals surface area (Å²) in [6, 6.07) is 7.57. The highest BCUT2D eigenvalue weighted by Gasteiger charge is 2.43. The van der Waals surface area contributed by atoms with Crippen LogP contribution in [-0.4, -0.2) is 34.8 Å². The molecule has 8 heteroatoms. The summed E-state index contributed by atoms with van der Waals surface area (Å²) in [5.74, 6) is -0.0738. The molecule has 1 aromatic heterocycles. The summed E-state index contributed by atoms with van der Waals surface area (Å²) in [4.78, 5) is 17.2. The first-order chi connectivity index (χ1) is 16.2. The highest BCUT2D eigenvalue weighted by atomic mass is 19.4. The molecular weight excluding hydrogens is 445 g/mol. The van der Waals surface area contributed by atoms with Crippen LogP contribution in [0.4, 0.5) is 18.9 Å². The second-order valence-corrected chi connectivity index (χ2v) is 10.0. The number of anilines is 1. The minimum atomic E-state index is -4.44. The van der Waals surface area contributed by atoms with E-state index >= 15 is 0 Å². The van der Waals surface area contributed by atoms with Gasteiger partial charge in [-0.25, -0.2) is 0 Å². The van der Waals surface area contributed by atoms with Crippen LogP contribution in [0.3, 0.4) is 0 Å². The number of halogens is 3. The molecule has 1 aliphatic carbocycles. The van der Waals surface area contributed by atoms with Crippen LogP contribution in [0.5, 0.6) is 5.75 Å². The molecule has 3 aliphatic rings. The van der Waals surface area contributed by atoms with E-state index in [2.05, 4.69) is 11.1 Å². The van der Waals surface area contributed by atoms with Gasteiger partial charge in [0.2, 0.25) is 0 Å². The van der Waals surface area contributed by atoms with E-state index in [9.17, 15) is 23.1 Å². The summed E-state index contributed by atoms with van der Waals surface area (Å²) in [6.07, 6.45) is 2.89. The van der Waals surface area contributed by atoms with Crippen LogP contribution >= 0.6 is 0 Å². The Morgan fingerprint density at radius 2 is 1.94 bits per heavy atom. The molecule has 1 N–H and O–H groups in total. The van der Waals surface area contributed by atoms with Crippen LogP contribution in [0.25, 0.3) is 0 Å². The van der Waals surface area contributed by atoms with Gasteiger partial charge in [-0.3, -0.25) is 9.78 Å². The van der Waals surface area contributed by atoms with Gasteiger partial charge in [-0.15, -0.1) is 0 Å². The van der Waals surface area contributed by atoms with Gasteiger partial charge in [-0.1, -0.05) is 19.1 Å². The highest BCUT2D eigenvalue weighted by molar-refractivity contribution is 5.71. The molecular formula is C26H29F3N2O3. The van der Waals surface area contributed by atoms with Gasteiger partial charge in [0.05, 0.1) is 17.2 Å². The Morgan fingerprint density at radius 3 is 2.59 bits per heavy atom. The average molecular weight is 475 g/mol. The maximum atomic E-state index is 13.5. The zero-order chi connectivity index (χ0) is 24.1. The fourth-order valence-electron chi connectivity index (χ4n) is 5.69. The lowest BCUT2D eigenvalue weighted by atomic mass is 9.80. The van der Waals surface area contributed by atoms with Crippen LogP contribution in [0.1, 0.15) is 61.6 Å². The largest absolute Gasteiger partial charge is 0.487 e. The quantitative estimate of drug-likeness (QED) is 0.604. The van der Waals surface area contributed by atoms with E-state index in [4.69, 9.17) is 4.74 Å². The number of aromatic nitrogens is 1. The van der Waals surface area contributed by atoms with Crippen molar-refractivity contribution in [3.05, 3.63) is 53.3 Å². The number of carbonyl (C=O) groups is 1. The second-order valence-electron chi connectivity index (χ2n) is 10.0. The van der Waals surface area contributed by atoms with E-state index in [0.29, 0.717) is 31.8 Å². The van der Waals surface area contributed by atoms with Gasteiger partial charge in [-0.05, 0) is 60.8 Å². The molecule has 0 bridgehead atoms. The molecule has 182 valence electrons. The summed E-state index contributed by atoms with van der Waals surface area (Å²) >= 11 is 0. The number of hydrogen-bond acceptors (Lipinski definition) is 4.